The Kier molecular flexibility index (Phi) is 4.32. The predicted molar refractivity (Wildman–Crippen MR) is 72.3 cm³/mol. The topological polar surface area (TPSA) is 39.6 Å². The Morgan fingerprint density at radius 3 is 2.22 bits per heavy atom. The van der Waals surface area contributed by atoms with E-state index in [1.807, 2.05) is 26.2 Å². The molecule has 0 atom stereocenters. The Morgan fingerprint density at radius 1 is 1.11 bits per heavy atom. The maximum absolute atomic E-state index is 9.81. The lowest BCUT2D eigenvalue weighted by Gasteiger charge is -2.37. The maximum Gasteiger partial charge on any atom is 0.0718 e. The van der Waals surface area contributed by atoms with E-state index in [0.29, 0.717) is 0 Å². The second-order valence-corrected chi connectivity index (χ2v) is 5.72. The van der Waals surface area contributed by atoms with Crippen LogP contribution >= 0.6 is 0 Å². The molecule has 0 amide bonds. The Bertz CT molecular complexity index is 353. The molecule has 1 aliphatic heterocycles. The van der Waals surface area contributed by atoms with Crippen molar-refractivity contribution in [1.82, 2.24) is 14.8 Å². The first-order valence-corrected chi connectivity index (χ1v) is 6.59. The Morgan fingerprint density at radius 2 is 1.67 bits per heavy atom. The molecule has 18 heavy (non-hydrogen) atoms. The fraction of sp³-hybridized carbons (Fsp3) is 0.643. The Labute approximate surface area is 109 Å². The molecular formula is C14H23N3O. The minimum Gasteiger partial charge on any atom is -0.389 e. The number of hydrogen-bond acceptors (Lipinski definition) is 4. The highest BCUT2D eigenvalue weighted by atomic mass is 16.3. The van der Waals surface area contributed by atoms with Crippen molar-refractivity contribution in [3.05, 3.63) is 30.1 Å². The summed E-state index contributed by atoms with van der Waals surface area (Å²) >= 11 is 0. The van der Waals surface area contributed by atoms with Crippen LogP contribution in [-0.2, 0) is 6.54 Å². The smallest absolute Gasteiger partial charge is 0.0718 e. The lowest BCUT2D eigenvalue weighted by Crippen LogP contribution is -2.50. The number of aromatic nitrogens is 1. The standard InChI is InChI=1S/C14H23N3O/c1-14(2,18)12-17-9-7-16(8-10-17)11-13-3-5-15-6-4-13/h3-6,18H,7-12H2,1-2H3. The summed E-state index contributed by atoms with van der Waals surface area (Å²) < 4.78 is 0. The van der Waals surface area contributed by atoms with Crippen LogP contribution in [0.1, 0.15) is 19.4 Å². The lowest BCUT2D eigenvalue weighted by molar-refractivity contribution is 0.0167. The SMILES string of the molecule is CC(C)(O)CN1CCN(Cc2ccncc2)CC1. The summed E-state index contributed by atoms with van der Waals surface area (Å²) in [6.07, 6.45) is 3.69. The number of rotatable bonds is 4. The summed E-state index contributed by atoms with van der Waals surface area (Å²) in [6, 6.07) is 4.15. The number of aliphatic hydroxyl groups is 1. The van der Waals surface area contributed by atoms with E-state index in [4.69, 9.17) is 0 Å². The van der Waals surface area contributed by atoms with Gasteiger partial charge >= 0.3 is 0 Å². The number of β-amino-alcohol motifs (C(OH)–C–C–N with tert-alkyl or cyclic N) is 1. The van der Waals surface area contributed by atoms with Gasteiger partial charge in [0.05, 0.1) is 5.60 Å². The molecule has 1 aromatic heterocycles. The second-order valence-electron chi connectivity index (χ2n) is 5.72. The maximum atomic E-state index is 9.81. The third-order valence-corrected chi connectivity index (χ3v) is 3.23. The van der Waals surface area contributed by atoms with Gasteiger partial charge < -0.3 is 5.11 Å². The van der Waals surface area contributed by atoms with Crippen molar-refractivity contribution in [2.24, 2.45) is 0 Å². The average molecular weight is 249 g/mol. The summed E-state index contributed by atoms with van der Waals surface area (Å²) in [5.74, 6) is 0. The van der Waals surface area contributed by atoms with Crippen molar-refractivity contribution in [1.29, 1.82) is 0 Å². The number of nitrogens with zero attached hydrogens (tertiary/aromatic N) is 3. The lowest BCUT2D eigenvalue weighted by atomic mass is 10.1. The summed E-state index contributed by atoms with van der Waals surface area (Å²) in [7, 11) is 0. The molecule has 1 fully saturated rings. The van der Waals surface area contributed by atoms with E-state index in [1.54, 1.807) is 0 Å². The molecule has 0 unspecified atom stereocenters. The van der Waals surface area contributed by atoms with E-state index in [1.165, 1.54) is 5.56 Å². The highest BCUT2D eigenvalue weighted by molar-refractivity contribution is 5.09. The molecule has 2 heterocycles. The molecule has 0 aliphatic carbocycles. The van der Waals surface area contributed by atoms with E-state index in [9.17, 15) is 5.11 Å². The van der Waals surface area contributed by atoms with Crippen LogP contribution in [0.2, 0.25) is 0 Å². The fourth-order valence-electron chi connectivity index (χ4n) is 2.40. The molecule has 1 N–H and O–H groups in total. The van der Waals surface area contributed by atoms with Gasteiger partial charge in [-0.3, -0.25) is 14.8 Å². The van der Waals surface area contributed by atoms with Crippen LogP contribution in [0, 0.1) is 0 Å². The van der Waals surface area contributed by atoms with Crippen molar-refractivity contribution in [2.45, 2.75) is 26.0 Å². The summed E-state index contributed by atoms with van der Waals surface area (Å²) in [5.41, 5.74) is 0.730. The zero-order valence-electron chi connectivity index (χ0n) is 11.3. The molecule has 0 saturated carbocycles. The van der Waals surface area contributed by atoms with Crippen LogP contribution in [0.25, 0.3) is 0 Å². The average Bonchev–Trinajstić information content (AvgIpc) is 2.31. The van der Waals surface area contributed by atoms with E-state index < -0.39 is 5.60 Å². The normalized spacial score (nSPS) is 19.1. The molecule has 0 radical (unpaired) electrons. The van der Waals surface area contributed by atoms with Gasteiger partial charge in [0.2, 0.25) is 0 Å². The van der Waals surface area contributed by atoms with Gasteiger partial charge in [0.15, 0.2) is 0 Å². The number of hydrogen-bond donors (Lipinski definition) is 1. The van der Waals surface area contributed by atoms with Gasteiger partial charge in [0.1, 0.15) is 0 Å². The monoisotopic (exact) mass is 249 g/mol. The van der Waals surface area contributed by atoms with Gasteiger partial charge in [-0.05, 0) is 31.5 Å². The Balaban J connectivity index is 1.77. The first kappa shape index (κ1) is 13.5. The largest absolute Gasteiger partial charge is 0.389 e. The molecule has 0 bridgehead atoms. The summed E-state index contributed by atoms with van der Waals surface area (Å²) in [5, 5.41) is 9.81. The van der Waals surface area contributed by atoms with E-state index >= 15 is 0 Å². The van der Waals surface area contributed by atoms with Crippen molar-refractivity contribution in [3.63, 3.8) is 0 Å². The molecular weight excluding hydrogens is 226 g/mol. The summed E-state index contributed by atoms with van der Waals surface area (Å²) in [6.45, 7) is 9.71. The highest BCUT2D eigenvalue weighted by Crippen LogP contribution is 2.11. The zero-order valence-corrected chi connectivity index (χ0v) is 11.3. The molecule has 1 aliphatic rings. The van der Waals surface area contributed by atoms with Gasteiger partial charge in [-0.1, -0.05) is 0 Å². The van der Waals surface area contributed by atoms with E-state index in [-0.39, 0.29) is 0 Å². The van der Waals surface area contributed by atoms with Crippen molar-refractivity contribution >= 4 is 0 Å². The first-order chi connectivity index (χ1) is 8.53. The van der Waals surface area contributed by atoms with Crippen LogP contribution in [0.5, 0.6) is 0 Å². The van der Waals surface area contributed by atoms with Crippen LogP contribution < -0.4 is 0 Å². The third-order valence-electron chi connectivity index (χ3n) is 3.23. The molecule has 1 saturated heterocycles. The zero-order chi connectivity index (χ0) is 13.0. The number of piperazine rings is 1. The molecule has 0 aromatic carbocycles. The van der Waals surface area contributed by atoms with E-state index in [0.717, 1.165) is 39.3 Å². The molecule has 4 heteroatoms. The number of pyridine rings is 1. The molecule has 1 aromatic rings. The molecule has 2 rings (SSSR count). The van der Waals surface area contributed by atoms with Crippen molar-refractivity contribution < 1.29 is 5.11 Å². The predicted octanol–water partition coefficient (Wildman–Crippen LogP) is 0.970. The van der Waals surface area contributed by atoms with Crippen LogP contribution in [0.15, 0.2) is 24.5 Å². The van der Waals surface area contributed by atoms with Gasteiger partial charge in [-0.25, -0.2) is 0 Å². The first-order valence-electron chi connectivity index (χ1n) is 6.59. The van der Waals surface area contributed by atoms with Gasteiger partial charge in [0.25, 0.3) is 0 Å². The van der Waals surface area contributed by atoms with Crippen LogP contribution in [-0.4, -0.2) is 58.2 Å². The van der Waals surface area contributed by atoms with E-state index in [2.05, 4.69) is 26.9 Å². The van der Waals surface area contributed by atoms with Crippen molar-refractivity contribution in [2.75, 3.05) is 32.7 Å². The molecule has 4 nitrogen and oxygen atoms in total. The van der Waals surface area contributed by atoms with Crippen LogP contribution in [0.3, 0.4) is 0 Å². The van der Waals surface area contributed by atoms with Crippen LogP contribution in [0.4, 0.5) is 0 Å². The quantitative estimate of drug-likeness (QED) is 0.863. The van der Waals surface area contributed by atoms with Crippen molar-refractivity contribution in [3.8, 4) is 0 Å². The third kappa shape index (κ3) is 4.37. The minimum atomic E-state index is -0.590. The fourth-order valence-corrected chi connectivity index (χ4v) is 2.40. The van der Waals surface area contributed by atoms with Gasteiger partial charge in [-0.15, -0.1) is 0 Å². The highest BCUT2D eigenvalue weighted by Gasteiger charge is 2.22. The minimum absolute atomic E-state index is 0.590. The Hall–Kier alpha value is -0.970. The second kappa shape index (κ2) is 5.78. The van der Waals surface area contributed by atoms with Gasteiger partial charge in [-0.2, -0.15) is 0 Å². The molecule has 0 spiro atoms. The summed E-state index contributed by atoms with van der Waals surface area (Å²) in [4.78, 5) is 8.83. The van der Waals surface area contributed by atoms with Gasteiger partial charge in [0, 0.05) is 51.7 Å². The molecule has 100 valence electrons.